The van der Waals surface area contributed by atoms with Gasteiger partial charge in [-0.05, 0) is 31.5 Å². The quantitative estimate of drug-likeness (QED) is 0.569. The van der Waals surface area contributed by atoms with Crippen LogP contribution in [0.1, 0.15) is 43.5 Å². The molecule has 5 nitrogen and oxygen atoms in total. The van der Waals surface area contributed by atoms with Crippen LogP contribution >= 0.6 is 0 Å². The van der Waals surface area contributed by atoms with Crippen LogP contribution in [0.3, 0.4) is 0 Å². The van der Waals surface area contributed by atoms with E-state index in [1.807, 2.05) is 18.2 Å². The van der Waals surface area contributed by atoms with Crippen molar-refractivity contribution < 1.29 is 4.79 Å². The standard InChI is InChI=1S/C17H22N4O/c1-3-4-5-10-18-17-19-11-9-16(21-17)20-15-8-6-7-14(12-15)13(2)22/h6-9,11-12H,3-5,10H2,1-2H3,(H2,18,19,20,21). The van der Waals surface area contributed by atoms with Gasteiger partial charge in [0.05, 0.1) is 0 Å². The monoisotopic (exact) mass is 298 g/mol. The number of nitrogens with zero attached hydrogens (tertiary/aromatic N) is 2. The van der Waals surface area contributed by atoms with Crippen LogP contribution in [0.5, 0.6) is 0 Å². The fraction of sp³-hybridized carbons (Fsp3) is 0.353. The van der Waals surface area contributed by atoms with E-state index in [1.165, 1.54) is 12.8 Å². The molecule has 0 aliphatic carbocycles. The van der Waals surface area contributed by atoms with Crippen molar-refractivity contribution in [2.24, 2.45) is 0 Å². The Balaban J connectivity index is 2.00. The average Bonchev–Trinajstić information content (AvgIpc) is 2.52. The number of hydrogen-bond acceptors (Lipinski definition) is 5. The van der Waals surface area contributed by atoms with Crippen LogP contribution in [-0.2, 0) is 0 Å². The molecule has 0 aliphatic rings. The molecule has 2 rings (SSSR count). The number of rotatable bonds is 8. The minimum Gasteiger partial charge on any atom is -0.354 e. The smallest absolute Gasteiger partial charge is 0.224 e. The molecule has 22 heavy (non-hydrogen) atoms. The van der Waals surface area contributed by atoms with Crippen molar-refractivity contribution >= 4 is 23.2 Å². The summed E-state index contributed by atoms with van der Waals surface area (Å²) in [5, 5.41) is 6.42. The van der Waals surface area contributed by atoms with Gasteiger partial charge < -0.3 is 10.6 Å². The number of aromatic nitrogens is 2. The Morgan fingerprint density at radius 1 is 1.23 bits per heavy atom. The van der Waals surface area contributed by atoms with Gasteiger partial charge in [-0.3, -0.25) is 4.79 Å². The first-order chi connectivity index (χ1) is 10.7. The fourth-order valence-corrected chi connectivity index (χ4v) is 2.05. The van der Waals surface area contributed by atoms with Gasteiger partial charge in [0.1, 0.15) is 5.82 Å². The van der Waals surface area contributed by atoms with Crippen molar-refractivity contribution in [2.75, 3.05) is 17.2 Å². The Morgan fingerprint density at radius 2 is 2.09 bits per heavy atom. The summed E-state index contributed by atoms with van der Waals surface area (Å²) in [5.41, 5.74) is 1.51. The normalized spacial score (nSPS) is 10.3. The molecule has 0 radical (unpaired) electrons. The van der Waals surface area contributed by atoms with Crippen molar-refractivity contribution in [2.45, 2.75) is 33.1 Å². The van der Waals surface area contributed by atoms with Gasteiger partial charge in [-0.15, -0.1) is 0 Å². The van der Waals surface area contributed by atoms with E-state index in [2.05, 4.69) is 27.5 Å². The third-order valence-electron chi connectivity index (χ3n) is 3.26. The van der Waals surface area contributed by atoms with Crippen molar-refractivity contribution in [3.63, 3.8) is 0 Å². The van der Waals surface area contributed by atoms with E-state index in [9.17, 15) is 4.79 Å². The first kappa shape index (κ1) is 15.9. The highest BCUT2D eigenvalue weighted by Gasteiger charge is 2.03. The second-order valence-corrected chi connectivity index (χ2v) is 5.16. The van der Waals surface area contributed by atoms with Crippen LogP contribution < -0.4 is 10.6 Å². The molecule has 2 aromatic rings. The minimum atomic E-state index is 0.0459. The Bertz CT molecular complexity index is 628. The fourth-order valence-electron chi connectivity index (χ4n) is 2.05. The molecule has 0 unspecified atom stereocenters. The van der Waals surface area contributed by atoms with Crippen molar-refractivity contribution in [3.8, 4) is 0 Å². The molecular weight excluding hydrogens is 276 g/mol. The summed E-state index contributed by atoms with van der Waals surface area (Å²) < 4.78 is 0. The highest BCUT2D eigenvalue weighted by molar-refractivity contribution is 5.95. The van der Waals surface area contributed by atoms with Crippen molar-refractivity contribution in [1.29, 1.82) is 0 Å². The number of ketones is 1. The maximum atomic E-state index is 11.4. The van der Waals surface area contributed by atoms with Crippen molar-refractivity contribution in [3.05, 3.63) is 42.1 Å². The predicted octanol–water partition coefficient (Wildman–Crippen LogP) is 4.02. The van der Waals surface area contributed by atoms with E-state index < -0.39 is 0 Å². The maximum absolute atomic E-state index is 11.4. The molecule has 0 spiro atoms. The van der Waals surface area contributed by atoms with Crippen LogP contribution in [0.4, 0.5) is 17.5 Å². The van der Waals surface area contributed by atoms with Gasteiger partial charge in [0.25, 0.3) is 0 Å². The van der Waals surface area contributed by atoms with Crippen LogP contribution in [0.2, 0.25) is 0 Å². The van der Waals surface area contributed by atoms with Crippen molar-refractivity contribution in [1.82, 2.24) is 9.97 Å². The molecule has 0 amide bonds. The molecule has 0 bridgehead atoms. The summed E-state index contributed by atoms with van der Waals surface area (Å²) in [6.45, 7) is 4.61. The first-order valence-corrected chi connectivity index (χ1v) is 7.64. The largest absolute Gasteiger partial charge is 0.354 e. The molecule has 0 saturated carbocycles. The molecule has 1 heterocycles. The molecule has 116 valence electrons. The highest BCUT2D eigenvalue weighted by Crippen LogP contribution is 2.17. The second kappa shape index (κ2) is 8.12. The number of benzene rings is 1. The van der Waals surface area contributed by atoms with E-state index >= 15 is 0 Å². The molecule has 0 fully saturated rings. The van der Waals surface area contributed by atoms with Gasteiger partial charge in [0.15, 0.2) is 5.78 Å². The summed E-state index contributed by atoms with van der Waals surface area (Å²) in [4.78, 5) is 20.0. The van der Waals surface area contributed by atoms with Crippen LogP contribution in [-0.4, -0.2) is 22.3 Å². The lowest BCUT2D eigenvalue weighted by Crippen LogP contribution is -2.06. The number of carbonyl (C=O) groups excluding carboxylic acids is 1. The van der Waals surface area contributed by atoms with Gasteiger partial charge in [-0.1, -0.05) is 31.9 Å². The van der Waals surface area contributed by atoms with Gasteiger partial charge in [-0.2, -0.15) is 4.98 Å². The molecule has 0 atom stereocenters. The second-order valence-electron chi connectivity index (χ2n) is 5.16. The molecular formula is C17H22N4O. The van der Waals surface area contributed by atoms with E-state index in [0.29, 0.717) is 17.3 Å². The number of unbranched alkanes of at least 4 members (excludes halogenated alkanes) is 2. The number of nitrogens with one attached hydrogen (secondary N) is 2. The zero-order valence-electron chi connectivity index (χ0n) is 13.1. The lowest BCUT2D eigenvalue weighted by atomic mass is 10.1. The molecule has 0 saturated heterocycles. The van der Waals surface area contributed by atoms with Crippen LogP contribution in [0, 0.1) is 0 Å². The number of anilines is 3. The van der Waals surface area contributed by atoms with E-state index in [4.69, 9.17) is 0 Å². The number of carbonyl (C=O) groups is 1. The SMILES string of the molecule is CCCCCNc1nccc(Nc2cccc(C(C)=O)c2)n1. The molecule has 2 N–H and O–H groups in total. The van der Waals surface area contributed by atoms with E-state index in [0.717, 1.165) is 18.7 Å². The average molecular weight is 298 g/mol. The Morgan fingerprint density at radius 3 is 2.86 bits per heavy atom. The lowest BCUT2D eigenvalue weighted by molar-refractivity contribution is 0.101. The maximum Gasteiger partial charge on any atom is 0.224 e. The van der Waals surface area contributed by atoms with Gasteiger partial charge >= 0.3 is 0 Å². The van der Waals surface area contributed by atoms with Crippen LogP contribution in [0.15, 0.2) is 36.5 Å². The number of hydrogen-bond donors (Lipinski definition) is 2. The first-order valence-electron chi connectivity index (χ1n) is 7.64. The summed E-state index contributed by atoms with van der Waals surface area (Å²) in [6.07, 6.45) is 5.21. The van der Waals surface area contributed by atoms with Gasteiger partial charge in [0.2, 0.25) is 5.95 Å². The van der Waals surface area contributed by atoms with E-state index in [-0.39, 0.29) is 5.78 Å². The Kier molecular flexibility index (Phi) is 5.89. The molecule has 0 aliphatic heterocycles. The Hall–Kier alpha value is -2.43. The van der Waals surface area contributed by atoms with Crippen LogP contribution in [0.25, 0.3) is 0 Å². The summed E-state index contributed by atoms with van der Waals surface area (Å²) >= 11 is 0. The lowest BCUT2D eigenvalue weighted by Gasteiger charge is -2.09. The zero-order valence-corrected chi connectivity index (χ0v) is 13.1. The summed E-state index contributed by atoms with van der Waals surface area (Å²) in [6, 6.07) is 9.18. The summed E-state index contributed by atoms with van der Waals surface area (Å²) in [7, 11) is 0. The highest BCUT2D eigenvalue weighted by atomic mass is 16.1. The summed E-state index contributed by atoms with van der Waals surface area (Å²) in [5.74, 6) is 1.36. The molecule has 1 aromatic carbocycles. The van der Waals surface area contributed by atoms with E-state index in [1.54, 1.807) is 25.3 Å². The topological polar surface area (TPSA) is 66.9 Å². The predicted molar refractivity (Wildman–Crippen MR) is 89.8 cm³/mol. The Labute approximate surface area is 131 Å². The molecule has 1 aromatic heterocycles. The third kappa shape index (κ3) is 4.84. The number of Topliss-reactive ketones (excluding diaryl/α,β-unsaturated/α-hetero) is 1. The minimum absolute atomic E-state index is 0.0459. The zero-order chi connectivity index (χ0) is 15.8. The van der Waals surface area contributed by atoms with Gasteiger partial charge in [-0.25, -0.2) is 4.98 Å². The third-order valence-corrected chi connectivity index (χ3v) is 3.26. The van der Waals surface area contributed by atoms with Gasteiger partial charge in [0, 0.05) is 24.0 Å². The molecule has 5 heteroatoms.